The number of esters is 1. The Hall–Kier alpha value is -0.570. The molecule has 0 spiro atoms. The van der Waals surface area contributed by atoms with Gasteiger partial charge in [0.05, 0.1) is 24.2 Å². The Labute approximate surface area is 164 Å². The van der Waals surface area contributed by atoms with Crippen LogP contribution >= 0.6 is 61.5 Å². The highest BCUT2D eigenvalue weighted by molar-refractivity contribution is 14.1. The Balaban J connectivity index is 2.15. The number of rotatable bonds is 4. The van der Waals surface area contributed by atoms with Crippen molar-refractivity contribution in [3.8, 4) is 0 Å². The Bertz CT molecular complexity index is 890. The Kier molecular flexibility index (Phi) is 5.35. The minimum absolute atomic E-state index is 0.293. The predicted molar refractivity (Wildman–Crippen MR) is 107 cm³/mol. The van der Waals surface area contributed by atoms with E-state index < -0.39 is 0 Å². The van der Waals surface area contributed by atoms with Crippen LogP contribution < -0.4 is 0 Å². The van der Waals surface area contributed by atoms with Gasteiger partial charge in [0.2, 0.25) is 0 Å². The monoisotopic (exact) mass is 523 g/mol. The number of hydrogen-bond acceptors (Lipinski definition) is 3. The number of thiophene rings is 1. The summed E-state index contributed by atoms with van der Waals surface area (Å²) < 4.78 is 10.3. The average molecular weight is 525 g/mol. The zero-order valence-corrected chi connectivity index (χ0v) is 17.4. The van der Waals surface area contributed by atoms with Crippen molar-refractivity contribution in [1.29, 1.82) is 0 Å². The van der Waals surface area contributed by atoms with Gasteiger partial charge in [0.15, 0.2) is 0 Å². The molecule has 120 valence electrons. The van der Waals surface area contributed by atoms with Crippen LogP contribution in [0.3, 0.4) is 0 Å². The lowest BCUT2D eigenvalue weighted by Crippen LogP contribution is -2.14. The molecule has 0 saturated heterocycles. The van der Waals surface area contributed by atoms with Gasteiger partial charge in [0.25, 0.3) is 0 Å². The lowest BCUT2D eigenvalue weighted by atomic mass is 10.2. The zero-order chi connectivity index (χ0) is 16.6. The van der Waals surface area contributed by atoms with E-state index in [2.05, 4.69) is 38.5 Å². The van der Waals surface area contributed by atoms with Crippen molar-refractivity contribution in [2.45, 2.75) is 13.5 Å². The summed E-state index contributed by atoms with van der Waals surface area (Å²) in [5.41, 5.74) is 2.66. The van der Waals surface area contributed by atoms with Gasteiger partial charge in [-0.1, -0.05) is 23.7 Å². The Morgan fingerprint density at radius 1 is 1.43 bits per heavy atom. The van der Waals surface area contributed by atoms with Gasteiger partial charge >= 0.3 is 5.97 Å². The summed E-state index contributed by atoms with van der Waals surface area (Å²) in [5.74, 6) is -0.293. The molecule has 3 aromatic rings. The number of aromatic nitrogens is 1. The van der Waals surface area contributed by atoms with Crippen molar-refractivity contribution in [3.63, 3.8) is 0 Å². The molecule has 3 rings (SSSR count). The first kappa shape index (κ1) is 17.3. The summed E-state index contributed by atoms with van der Waals surface area (Å²) in [6, 6.07) is 9.71. The Morgan fingerprint density at radius 3 is 2.91 bits per heavy atom. The molecule has 0 aliphatic rings. The van der Waals surface area contributed by atoms with Crippen molar-refractivity contribution in [1.82, 2.24) is 4.57 Å². The van der Waals surface area contributed by atoms with E-state index in [0.29, 0.717) is 23.9 Å². The first-order valence-corrected chi connectivity index (χ1v) is 9.96. The maximum Gasteiger partial charge on any atom is 0.356 e. The van der Waals surface area contributed by atoms with Crippen molar-refractivity contribution in [2.24, 2.45) is 0 Å². The van der Waals surface area contributed by atoms with Gasteiger partial charge in [-0.25, -0.2) is 4.79 Å². The van der Waals surface area contributed by atoms with Crippen LogP contribution in [0.4, 0.5) is 0 Å². The number of ether oxygens (including phenoxy) is 1. The number of fused-ring (bicyclic) bond motifs is 1. The van der Waals surface area contributed by atoms with E-state index in [1.54, 1.807) is 11.3 Å². The Morgan fingerprint density at radius 2 is 2.22 bits per heavy atom. The number of benzene rings is 1. The van der Waals surface area contributed by atoms with Gasteiger partial charge in [0, 0.05) is 11.6 Å². The molecule has 0 N–H and O–H groups in total. The fraction of sp³-hybridized carbons (Fsp3) is 0.188. The molecule has 7 heteroatoms. The third kappa shape index (κ3) is 3.45. The van der Waals surface area contributed by atoms with E-state index in [1.807, 2.05) is 41.8 Å². The van der Waals surface area contributed by atoms with Crippen LogP contribution in [0, 0.1) is 3.57 Å². The van der Waals surface area contributed by atoms with Gasteiger partial charge in [-0.3, -0.25) is 0 Å². The van der Waals surface area contributed by atoms with Crippen molar-refractivity contribution in [2.75, 3.05) is 6.61 Å². The SMILES string of the molecule is CCOC(=O)c1c(I)c2sc(Br)cc2n1Cc1cccc(Cl)c1. The number of nitrogens with zero attached hydrogens (tertiary/aromatic N) is 1. The molecule has 0 unspecified atom stereocenters. The van der Waals surface area contributed by atoms with Crippen LogP contribution in [-0.2, 0) is 11.3 Å². The lowest BCUT2D eigenvalue weighted by Gasteiger charge is -2.10. The first-order valence-electron chi connectivity index (χ1n) is 6.89. The summed E-state index contributed by atoms with van der Waals surface area (Å²) in [7, 11) is 0. The molecule has 0 aliphatic carbocycles. The summed E-state index contributed by atoms with van der Waals surface area (Å²) in [6.07, 6.45) is 0. The summed E-state index contributed by atoms with van der Waals surface area (Å²) in [6.45, 7) is 2.74. The maximum atomic E-state index is 12.4. The van der Waals surface area contributed by atoms with E-state index in [0.717, 1.165) is 23.1 Å². The maximum absolute atomic E-state index is 12.4. The smallest absolute Gasteiger partial charge is 0.356 e. The second kappa shape index (κ2) is 7.13. The van der Waals surface area contributed by atoms with Crippen LogP contribution in [0.5, 0.6) is 0 Å². The van der Waals surface area contributed by atoms with E-state index in [1.165, 1.54) is 0 Å². The molecule has 1 aromatic carbocycles. The van der Waals surface area contributed by atoms with Crippen LogP contribution in [-0.4, -0.2) is 17.1 Å². The van der Waals surface area contributed by atoms with Gasteiger partial charge in [0.1, 0.15) is 5.69 Å². The molecule has 2 aromatic heterocycles. The largest absolute Gasteiger partial charge is 0.461 e. The first-order chi connectivity index (χ1) is 11.0. The average Bonchev–Trinajstić information content (AvgIpc) is 2.98. The molecule has 0 amide bonds. The lowest BCUT2D eigenvalue weighted by molar-refractivity contribution is 0.0513. The molecule has 0 fully saturated rings. The topological polar surface area (TPSA) is 31.2 Å². The third-order valence-electron chi connectivity index (χ3n) is 3.35. The minimum atomic E-state index is -0.293. The normalized spacial score (nSPS) is 11.1. The molecule has 0 atom stereocenters. The fourth-order valence-electron chi connectivity index (χ4n) is 2.44. The van der Waals surface area contributed by atoms with Gasteiger partial charge in [-0.2, -0.15) is 0 Å². The molecule has 0 aliphatic heterocycles. The molecular weight excluding hydrogens is 513 g/mol. The predicted octanol–water partition coefficient (Wildman–Crippen LogP) is 5.95. The van der Waals surface area contributed by atoms with Gasteiger partial charge in [-0.05, 0) is 69.2 Å². The fourth-order valence-corrected chi connectivity index (χ4v) is 5.30. The summed E-state index contributed by atoms with van der Waals surface area (Å²) >= 11 is 13.4. The molecule has 2 heterocycles. The number of halogens is 3. The van der Waals surface area contributed by atoms with E-state index in [-0.39, 0.29) is 5.97 Å². The number of carbonyl (C=O) groups excluding carboxylic acids is 1. The highest BCUT2D eigenvalue weighted by atomic mass is 127. The minimum Gasteiger partial charge on any atom is -0.461 e. The van der Waals surface area contributed by atoms with E-state index in [4.69, 9.17) is 16.3 Å². The van der Waals surface area contributed by atoms with E-state index in [9.17, 15) is 4.79 Å². The quantitative estimate of drug-likeness (QED) is 0.312. The van der Waals surface area contributed by atoms with Crippen molar-refractivity contribution in [3.05, 3.63) is 54.0 Å². The van der Waals surface area contributed by atoms with Crippen molar-refractivity contribution < 1.29 is 9.53 Å². The third-order valence-corrected chi connectivity index (χ3v) is 6.65. The van der Waals surface area contributed by atoms with Crippen LogP contribution in [0.1, 0.15) is 23.0 Å². The van der Waals surface area contributed by atoms with Crippen LogP contribution in [0.25, 0.3) is 10.2 Å². The highest BCUT2D eigenvalue weighted by Gasteiger charge is 2.24. The zero-order valence-electron chi connectivity index (χ0n) is 12.1. The van der Waals surface area contributed by atoms with Crippen molar-refractivity contribution >= 4 is 77.6 Å². The van der Waals surface area contributed by atoms with Crippen LogP contribution in [0.2, 0.25) is 5.02 Å². The molecule has 0 radical (unpaired) electrons. The van der Waals surface area contributed by atoms with E-state index >= 15 is 0 Å². The van der Waals surface area contributed by atoms with Gasteiger partial charge in [-0.15, -0.1) is 11.3 Å². The highest BCUT2D eigenvalue weighted by Crippen LogP contribution is 2.37. The molecule has 0 saturated carbocycles. The number of carbonyl (C=O) groups is 1. The number of hydrogen-bond donors (Lipinski definition) is 0. The van der Waals surface area contributed by atoms with Gasteiger partial charge < -0.3 is 9.30 Å². The summed E-state index contributed by atoms with van der Waals surface area (Å²) in [4.78, 5) is 12.4. The second-order valence-electron chi connectivity index (χ2n) is 4.86. The molecule has 23 heavy (non-hydrogen) atoms. The molecular formula is C16H12BrClINO2S. The molecule has 3 nitrogen and oxygen atoms in total. The second-order valence-corrected chi connectivity index (χ2v) is 8.81. The van der Waals surface area contributed by atoms with Crippen LogP contribution in [0.15, 0.2) is 34.1 Å². The summed E-state index contributed by atoms with van der Waals surface area (Å²) in [5, 5.41) is 0.685. The molecule has 0 bridgehead atoms. The standard InChI is InChI=1S/C16H12BrClINO2S/c1-2-22-16(21)14-13(19)15-11(7-12(17)23-15)20(14)8-9-4-3-5-10(18)6-9/h3-7H,2,8H2,1H3.